The van der Waals surface area contributed by atoms with Crippen LogP contribution in [0.5, 0.6) is 0 Å². The largest absolute Gasteiger partial charge is 0.481 e. The highest BCUT2D eigenvalue weighted by molar-refractivity contribution is 6.09. The molecule has 9 nitrogen and oxygen atoms in total. The molecule has 0 saturated heterocycles. The van der Waals surface area contributed by atoms with Crippen molar-refractivity contribution in [3.63, 3.8) is 0 Å². The molecular formula is C15H12N2O7. The van der Waals surface area contributed by atoms with Gasteiger partial charge in [0.25, 0.3) is 5.69 Å². The molecule has 0 fully saturated rings. The van der Waals surface area contributed by atoms with Crippen molar-refractivity contribution in [2.45, 2.75) is 12.8 Å². The Balaban J connectivity index is 2.75. The van der Waals surface area contributed by atoms with Gasteiger partial charge < -0.3 is 10.2 Å². The van der Waals surface area contributed by atoms with E-state index in [2.05, 4.69) is 4.99 Å². The number of aliphatic imine (C=N–C) groups is 1. The summed E-state index contributed by atoms with van der Waals surface area (Å²) in [6.07, 6.45) is 0.232. The van der Waals surface area contributed by atoms with E-state index in [0.29, 0.717) is 0 Å². The lowest BCUT2D eigenvalue weighted by molar-refractivity contribution is -0.384. The smallest absolute Gasteiger partial charge is 0.334 e. The van der Waals surface area contributed by atoms with E-state index < -0.39 is 40.0 Å². The fourth-order valence-corrected chi connectivity index (χ4v) is 2.73. The van der Waals surface area contributed by atoms with Gasteiger partial charge in [0.05, 0.1) is 10.5 Å². The van der Waals surface area contributed by atoms with Gasteiger partial charge in [0, 0.05) is 23.8 Å². The topological polar surface area (TPSA) is 147 Å². The maximum atomic E-state index is 11.6. The van der Waals surface area contributed by atoms with Crippen LogP contribution in [-0.4, -0.2) is 39.1 Å². The number of aliphatic carboxylic acids is 2. The molecule has 1 aliphatic rings. The van der Waals surface area contributed by atoms with Crippen LogP contribution in [0.15, 0.2) is 40.5 Å². The minimum Gasteiger partial charge on any atom is -0.481 e. The number of carboxylic acid groups (broad SMARTS) is 2. The second-order valence-electron chi connectivity index (χ2n) is 5.12. The van der Waals surface area contributed by atoms with Crippen LogP contribution < -0.4 is 0 Å². The standard InChI is InChI=1S/C15H12N2O7/c1-7-11(14(19)20)12(13(15(21)22)10(6-18)16-7)8-3-2-4-9(5-8)17(23)24/h2-6,11-12H,1H3,(H,19,20)(H,21,22). The Kier molecular flexibility index (Phi) is 4.54. The van der Waals surface area contributed by atoms with Gasteiger partial charge in [-0.05, 0) is 12.5 Å². The van der Waals surface area contributed by atoms with Gasteiger partial charge in [-0.15, -0.1) is 0 Å². The second-order valence-corrected chi connectivity index (χ2v) is 5.12. The molecule has 0 aromatic heterocycles. The predicted octanol–water partition coefficient (Wildman–Crippen LogP) is 1.39. The van der Waals surface area contributed by atoms with Gasteiger partial charge in [0.2, 0.25) is 0 Å². The van der Waals surface area contributed by atoms with Crippen molar-refractivity contribution < 1.29 is 29.5 Å². The summed E-state index contributed by atoms with van der Waals surface area (Å²) in [7, 11) is 0. The van der Waals surface area contributed by atoms with Gasteiger partial charge >= 0.3 is 11.9 Å². The van der Waals surface area contributed by atoms with Gasteiger partial charge in [-0.25, -0.2) is 4.79 Å². The molecule has 2 unspecified atom stereocenters. The van der Waals surface area contributed by atoms with Crippen molar-refractivity contribution in [3.8, 4) is 0 Å². The molecule has 1 aromatic carbocycles. The zero-order chi connectivity index (χ0) is 18.0. The molecular weight excluding hydrogens is 320 g/mol. The van der Waals surface area contributed by atoms with Crippen LogP contribution in [0.2, 0.25) is 0 Å². The van der Waals surface area contributed by atoms with Gasteiger partial charge in [-0.2, -0.15) is 0 Å². The molecule has 2 rings (SSSR count). The predicted molar refractivity (Wildman–Crippen MR) is 80.8 cm³/mol. The number of rotatable bonds is 5. The molecule has 2 atom stereocenters. The van der Waals surface area contributed by atoms with E-state index in [0.717, 1.165) is 6.07 Å². The third-order valence-corrected chi connectivity index (χ3v) is 3.72. The SMILES string of the molecule is CC1=NC(C=O)=C(C(=O)O)C(c2cccc([N+](=O)[O-])c2)C1C(=O)O. The third-order valence-electron chi connectivity index (χ3n) is 3.72. The first-order valence-corrected chi connectivity index (χ1v) is 6.73. The third kappa shape index (κ3) is 2.91. The molecule has 0 spiro atoms. The summed E-state index contributed by atoms with van der Waals surface area (Å²) < 4.78 is 0. The lowest BCUT2D eigenvalue weighted by Crippen LogP contribution is -2.35. The summed E-state index contributed by atoms with van der Waals surface area (Å²) >= 11 is 0. The zero-order valence-electron chi connectivity index (χ0n) is 12.4. The number of nitrogens with zero attached hydrogens (tertiary/aromatic N) is 2. The van der Waals surface area contributed by atoms with Crippen LogP contribution in [0.4, 0.5) is 5.69 Å². The van der Waals surface area contributed by atoms with Crippen LogP contribution in [-0.2, 0) is 14.4 Å². The summed E-state index contributed by atoms with van der Waals surface area (Å²) in [5.41, 5.74) is -1.04. The van der Waals surface area contributed by atoms with E-state index in [1.54, 1.807) is 0 Å². The Hall–Kier alpha value is -3.36. The van der Waals surface area contributed by atoms with Crippen LogP contribution in [0, 0.1) is 16.0 Å². The van der Waals surface area contributed by atoms with Crippen molar-refractivity contribution >= 4 is 29.6 Å². The number of benzene rings is 1. The molecule has 0 amide bonds. The number of hydrogen-bond donors (Lipinski definition) is 2. The second kappa shape index (κ2) is 6.41. The molecule has 1 aliphatic heterocycles. The highest BCUT2D eigenvalue weighted by atomic mass is 16.6. The monoisotopic (exact) mass is 332 g/mol. The Morgan fingerprint density at radius 2 is 2.00 bits per heavy atom. The number of carboxylic acids is 2. The fraction of sp³-hybridized carbons (Fsp3) is 0.200. The maximum Gasteiger partial charge on any atom is 0.334 e. The van der Waals surface area contributed by atoms with Gasteiger partial charge in [-0.3, -0.25) is 24.7 Å². The average molecular weight is 332 g/mol. The van der Waals surface area contributed by atoms with E-state index in [-0.39, 0.29) is 23.2 Å². The van der Waals surface area contributed by atoms with Crippen molar-refractivity contribution in [2.75, 3.05) is 0 Å². The van der Waals surface area contributed by atoms with Crippen molar-refractivity contribution in [1.82, 2.24) is 0 Å². The number of nitro groups is 1. The van der Waals surface area contributed by atoms with Gasteiger partial charge in [0.1, 0.15) is 11.6 Å². The number of allylic oxidation sites excluding steroid dienone is 1. The summed E-state index contributed by atoms with van der Waals surface area (Å²) in [6, 6.07) is 5.02. The van der Waals surface area contributed by atoms with Gasteiger partial charge in [0.15, 0.2) is 6.29 Å². The first kappa shape index (κ1) is 17.0. The molecule has 24 heavy (non-hydrogen) atoms. The molecule has 0 saturated carbocycles. The summed E-state index contributed by atoms with van der Waals surface area (Å²) in [6.45, 7) is 1.37. The number of hydrogen-bond acceptors (Lipinski definition) is 6. The highest BCUT2D eigenvalue weighted by Gasteiger charge is 2.42. The average Bonchev–Trinajstić information content (AvgIpc) is 2.52. The maximum absolute atomic E-state index is 11.6. The van der Waals surface area contributed by atoms with E-state index in [4.69, 9.17) is 0 Å². The zero-order valence-corrected chi connectivity index (χ0v) is 12.4. The van der Waals surface area contributed by atoms with Crippen LogP contribution >= 0.6 is 0 Å². The molecule has 0 bridgehead atoms. The number of nitro benzene ring substituents is 1. The summed E-state index contributed by atoms with van der Waals surface area (Å²) in [4.78, 5) is 48.4. The number of aldehydes is 1. The highest BCUT2D eigenvalue weighted by Crippen LogP contribution is 2.39. The van der Waals surface area contributed by atoms with Crippen molar-refractivity contribution in [1.29, 1.82) is 0 Å². The molecule has 0 radical (unpaired) electrons. The van der Waals surface area contributed by atoms with Crippen molar-refractivity contribution in [3.05, 3.63) is 51.2 Å². The number of carbonyl (C=O) groups excluding carboxylic acids is 1. The lowest BCUT2D eigenvalue weighted by atomic mass is 9.75. The summed E-state index contributed by atoms with van der Waals surface area (Å²) in [5, 5.41) is 29.8. The van der Waals surface area contributed by atoms with E-state index >= 15 is 0 Å². The Labute approximate surface area is 135 Å². The minimum atomic E-state index is -1.50. The van der Waals surface area contributed by atoms with Crippen LogP contribution in [0.1, 0.15) is 18.4 Å². The van der Waals surface area contributed by atoms with Crippen LogP contribution in [0.25, 0.3) is 0 Å². The summed E-state index contributed by atoms with van der Waals surface area (Å²) in [5.74, 6) is -5.45. The molecule has 0 aliphatic carbocycles. The molecule has 2 N–H and O–H groups in total. The molecule has 9 heteroatoms. The quantitative estimate of drug-likeness (QED) is 0.470. The first-order chi connectivity index (χ1) is 11.3. The van der Waals surface area contributed by atoms with Crippen molar-refractivity contribution in [2.24, 2.45) is 10.9 Å². The Bertz CT molecular complexity index is 810. The number of non-ortho nitro benzene ring substituents is 1. The number of carbonyl (C=O) groups is 3. The molecule has 124 valence electrons. The van der Waals surface area contributed by atoms with E-state index in [1.165, 1.54) is 25.1 Å². The van der Waals surface area contributed by atoms with Gasteiger partial charge in [-0.1, -0.05) is 12.1 Å². The Morgan fingerprint density at radius 3 is 2.50 bits per heavy atom. The molecule has 1 heterocycles. The lowest BCUT2D eigenvalue weighted by Gasteiger charge is -2.29. The first-order valence-electron chi connectivity index (χ1n) is 6.73. The normalized spacial score (nSPS) is 20.3. The van der Waals surface area contributed by atoms with E-state index in [9.17, 15) is 34.7 Å². The minimum absolute atomic E-state index is 0.0473. The Morgan fingerprint density at radius 1 is 1.33 bits per heavy atom. The fourth-order valence-electron chi connectivity index (χ4n) is 2.73. The van der Waals surface area contributed by atoms with Crippen LogP contribution in [0.3, 0.4) is 0 Å². The molecule has 1 aromatic rings. The van der Waals surface area contributed by atoms with E-state index in [1.807, 2.05) is 0 Å².